The molecule has 0 saturated heterocycles. The molecule has 0 fully saturated rings. The Morgan fingerprint density at radius 1 is 1.12 bits per heavy atom. The molecule has 0 atom stereocenters. The lowest BCUT2D eigenvalue weighted by Gasteiger charge is -2.13. The van der Waals surface area contributed by atoms with Crippen molar-refractivity contribution < 1.29 is 0 Å². The van der Waals surface area contributed by atoms with Crippen molar-refractivity contribution in [1.29, 1.82) is 0 Å². The van der Waals surface area contributed by atoms with Gasteiger partial charge in [-0.3, -0.25) is 0 Å². The van der Waals surface area contributed by atoms with Crippen molar-refractivity contribution in [2.24, 2.45) is 0 Å². The van der Waals surface area contributed by atoms with Gasteiger partial charge in [-0.05, 0) is 32.4 Å². The van der Waals surface area contributed by atoms with Crippen LogP contribution in [0.1, 0.15) is 39.0 Å². The van der Waals surface area contributed by atoms with Gasteiger partial charge in [0, 0.05) is 24.3 Å². The number of aryl methyl sites for hydroxylation is 1. The molecule has 0 amide bonds. The summed E-state index contributed by atoms with van der Waals surface area (Å²) >= 11 is 0. The van der Waals surface area contributed by atoms with Crippen LogP contribution in [-0.4, -0.2) is 17.1 Å². The Kier molecular flexibility index (Phi) is 4.74. The topological polar surface area (TPSA) is 37.0 Å². The number of nitrogens with one attached hydrogen (secondary N) is 2. The standard InChI is InChI=1S/C13H23N3/c1-9(2)14-8-12-6-7-13(15-10(3)4)16-11(12)5/h6-7,9-10,14H,8H2,1-5H3,(H,15,16). The zero-order chi connectivity index (χ0) is 12.1. The number of aromatic nitrogens is 1. The SMILES string of the molecule is Cc1nc(NC(C)C)ccc1CNC(C)C. The van der Waals surface area contributed by atoms with Crippen molar-refractivity contribution in [3.63, 3.8) is 0 Å². The highest BCUT2D eigenvalue weighted by Gasteiger charge is 2.03. The second kappa shape index (κ2) is 5.85. The van der Waals surface area contributed by atoms with Crippen molar-refractivity contribution in [3.05, 3.63) is 23.4 Å². The Labute approximate surface area is 98.7 Å². The molecule has 3 heteroatoms. The quantitative estimate of drug-likeness (QED) is 0.802. The Hall–Kier alpha value is -1.09. The average Bonchev–Trinajstić information content (AvgIpc) is 2.15. The molecule has 0 radical (unpaired) electrons. The first-order valence-corrected chi connectivity index (χ1v) is 5.95. The molecule has 1 aromatic heterocycles. The Morgan fingerprint density at radius 3 is 2.31 bits per heavy atom. The maximum Gasteiger partial charge on any atom is 0.126 e. The smallest absolute Gasteiger partial charge is 0.126 e. The van der Waals surface area contributed by atoms with Gasteiger partial charge >= 0.3 is 0 Å². The second-order valence-corrected chi connectivity index (χ2v) is 4.78. The summed E-state index contributed by atoms with van der Waals surface area (Å²) < 4.78 is 0. The highest BCUT2D eigenvalue weighted by molar-refractivity contribution is 5.39. The number of hydrogen-bond acceptors (Lipinski definition) is 3. The normalized spacial score (nSPS) is 11.2. The number of anilines is 1. The molecule has 1 heterocycles. The van der Waals surface area contributed by atoms with Crippen LogP contribution in [0.3, 0.4) is 0 Å². The summed E-state index contributed by atoms with van der Waals surface area (Å²) in [4.78, 5) is 4.54. The Morgan fingerprint density at radius 2 is 1.81 bits per heavy atom. The van der Waals surface area contributed by atoms with Crippen LogP contribution in [0.25, 0.3) is 0 Å². The fraction of sp³-hybridized carbons (Fsp3) is 0.615. The summed E-state index contributed by atoms with van der Waals surface area (Å²) in [7, 11) is 0. The molecule has 16 heavy (non-hydrogen) atoms. The molecule has 1 rings (SSSR count). The van der Waals surface area contributed by atoms with Gasteiger partial charge in [0.1, 0.15) is 5.82 Å². The summed E-state index contributed by atoms with van der Waals surface area (Å²) in [5, 5.41) is 6.71. The van der Waals surface area contributed by atoms with Crippen LogP contribution in [0.2, 0.25) is 0 Å². The van der Waals surface area contributed by atoms with Crippen molar-refractivity contribution in [1.82, 2.24) is 10.3 Å². The van der Waals surface area contributed by atoms with E-state index in [1.807, 2.05) is 6.07 Å². The third-order valence-electron chi connectivity index (χ3n) is 2.33. The molecule has 0 aliphatic carbocycles. The van der Waals surface area contributed by atoms with Crippen LogP contribution >= 0.6 is 0 Å². The van der Waals surface area contributed by atoms with Gasteiger partial charge in [0.05, 0.1) is 0 Å². The second-order valence-electron chi connectivity index (χ2n) is 4.78. The van der Waals surface area contributed by atoms with E-state index in [1.165, 1.54) is 5.56 Å². The molecule has 1 aromatic rings. The predicted molar refractivity (Wildman–Crippen MR) is 69.7 cm³/mol. The van der Waals surface area contributed by atoms with Crippen molar-refractivity contribution in [2.75, 3.05) is 5.32 Å². The molecule has 0 bridgehead atoms. The molecule has 90 valence electrons. The van der Waals surface area contributed by atoms with Crippen LogP contribution in [0, 0.1) is 6.92 Å². The summed E-state index contributed by atoms with van der Waals surface area (Å²) in [5.41, 5.74) is 2.36. The molecule has 0 aromatic carbocycles. The monoisotopic (exact) mass is 221 g/mol. The van der Waals surface area contributed by atoms with E-state index >= 15 is 0 Å². The van der Waals surface area contributed by atoms with Crippen LogP contribution in [0.15, 0.2) is 12.1 Å². The summed E-state index contributed by atoms with van der Waals surface area (Å²) in [6.07, 6.45) is 0. The van der Waals surface area contributed by atoms with Crippen LogP contribution in [0.5, 0.6) is 0 Å². The zero-order valence-electron chi connectivity index (χ0n) is 11.0. The first kappa shape index (κ1) is 13.0. The van der Waals surface area contributed by atoms with Crippen LogP contribution < -0.4 is 10.6 Å². The zero-order valence-corrected chi connectivity index (χ0v) is 11.0. The molecule has 0 aliphatic heterocycles. The summed E-state index contributed by atoms with van der Waals surface area (Å²) in [5.74, 6) is 0.959. The van der Waals surface area contributed by atoms with E-state index in [1.54, 1.807) is 0 Å². The maximum atomic E-state index is 4.54. The van der Waals surface area contributed by atoms with Gasteiger partial charge in [0.25, 0.3) is 0 Å². The van der Waals surface area contributed by atoms with Gasteiger partial charge in [0.15, 0.2) is 0 Å². The molecule has 0 aliphatic rings. The third-order valence-corrected chi connectivity index (χ3v) is 2.33. The van der Waals surface area contributed by atoms with Gasteiger partial charge in [-0.2, -0.15) is 0 Å². The van der Waals surface area contributed by atoms with Gasteiger partial charge in [-0.1, -0.05) is 19.9 Å². The van der Waals surface area contributed by atoms with Gasteiger partial charge in [-0.25, -0.2) is 4.98 Å². The van der Waals surface area contributed by atoms with E-state index in [2.05, 4.69) is 56.3 Å². The Bertz CT molecular complexity index is 332. The highest BCUT2D eigenvalue weighted by atomic mass is 15.0. The molecule has 3 nitrogen and oxygen atoms in total. The molecule has 0 unspecified atom stereocenters. The van der Waals surface area contributed by atoms with Gasteiger partial charge in [0.2, 0.25) is 0 Å². The lowest BCUT2D eigenvalue weighted by molar-refractivity contribution is 0.586. The molecule has 0 saturated carbocycles. The van der Waals surface area contributed by atoms with Gasteiger partial charge < -0.3 is 10.6 Å². The molecular weight excluding hydrogens is 198 g/mol. The molecule has 0 spiro atoms. The fourth-order valence-corrected chi connectivity index (χ4v) is 1.47. The highest BCUT2D eigenvalue weighted by Crippen LogP contribution is 2.11. The number of rotatable bonds is 5. The van der Waals surface area contributed by atoms with E-state index in [0.29, 0.717) is 12.1 Å². The molecular formula is C13H23N3. The van der Waals surface area contributed by atoms with E-state index in [0.717, 1.165) is 18.1 Å². The average molecular weight is 221 g/mol. The predicted octanol–water partition coefficient (Wildman–Crippen LogP) is 2.71. The van der Waals surface area contributed by atoms with Crippen LogP contribution in [-0.2, 0) is 6.54 Å². The summed E-state index contributed by atoms with van der Waals surface area (Å²) in [6.45, 7) is 11.5. The largest absolute Gasteiger partial charge is 0.368 e. The van der Waals surface area contributed by atoms with E-state index < -0.39 is 0 Å². The minimum atomic E-state index is 0.423. The Balaban J connectivity index is 2.67. The maximum absolute atomic E-state index is 4.54. The van der Waals surface area contributed by atoms with E-state index in [-0.39, 0.29) is 0 Å². The third kappa shape index (κ3) is 4.19. The van der Waals surface area contributed by atoms with Crippen molar-refractivity contribution >= 4 is 5.82 Å². The van der Waals surface area contributed by atoms with E-state index in [9.17, 15) is 0 Å². The minimum Gasteiger partial charge on any atom is -0.368 e. The van der Waals surface area contributed by atoms with Gasteiger partial charge in [-0.15, -0.1) is 0 Å². The lowest BCUT2D eigenvalue weighted by Crippen LogP contribution is -2.22. The van der Waals surface area contributed by atoms with Crippen molar-refractivity contribution in [2.45, 2.75) is 53.2 Å². The first-order valence-electron chi connectivity index (χ1n) is 5.95. The van der Waals surface area contributed by atoms with E-state index in [4.69, 9.17) is 0 Å². The minimum absolute atomic E-state index is 0.423. The summed E-state index contributed by atoms with van der Waals surface area (Å²) in [6, 6.07) is 5.12. The first-order chi connectivity index (χ1) is 7.49. The molecule has 2 N–H and O–H groups in total. The van der Waals surface area contributed by atoms with Crippen LogP contribution in [0.4, 0.5) is 5.82 Å². The lowest BCUT2D eigenvalue weighted by atomic mass is 10.2. The number of hydrogen-bond donors (Lipinski definition) is 2. The number of pyridine rings is 1. The van der Waals surface area contributed by atoms with Crippen molar-refractivity contribution in [3.8, 4) is 0 Å². The number of nitrogens with zero attached hydrogens (tertiary/aromatic N) is 1. The fourth-order valence-electron chi connectivity index (χ4n) is 1.47.